The van der Waals surface area contributed by atoms with E-state index >= 15 is 0 Å². The number of hydrogen-bond donors (Lipinski definition) is 1. The van der Waals surface area contributed by atoms with Gasteiger partial charge in [-0.2, -0.15) is 0 Å². The fourth-order valence-electron chi connectivity index (χ4n) is 4.34. The predicted octanol–water partition coefficient (Wildman–Crippen LogP) is 4.24. The van der Waals surface area contributed by atoms with Crippen LogP contribution in [0.4, 0.5) is 4.39 Å². The zero-order valence-electron chi connectivity index (χ0n) is 19.7. The summed E-state index contributed by atoms with van der Waals surface area (Å²) in [6, 6.07) is 11.4. The number of rotatable bonds is 6. The Kier molecular flexibility index (Phi) is 6.17. The monoisotopic (exact) mass is 509 g/mol. The summed E-state index contributed by atoms with van der Waals surface area (Å²) < 4.78 is 44.8. The molecule has 1 N–H and O–H groups in total. The molecule has 0 aliphatic carbocycles. The first kappa shape index (κ1) is 23.9. The topological polar surface area (TPSA) is 118 Å². The highest BCUT2D eigenvalue weighted by molar-refractivity contribution is 7.91. The number of likely N-dealkylation sites (tertiary alicyclic amines) is 1. The molecule has 3 aromatic heterocycles. The number of fused-ring (bicyclic) bond motifs is 1. The van der Waals surface area contributed by atoms with Crippen LogP contribution in [-0.2, 0) is 14.6 Å². The Morgan fingerprint density at radius 2 is 2.06 bits per heavy atom. The highest BCUT2D eigenvalue weighted by atomic mass is 32.2. The molecule has 0 spiro atoms. The van der Waals surface area contributed by atoms with E-state index in [1.54, 1.807) is 19.2 Å². The first-order valence-electron chi connectivity index (χ1n) is 11.5. The molecule has 1 aromatic carbocycles. The van der Waals surface area contributed by atoms with Gasteiger partial charge >= 0.3 is 0 Å². The summed E-state index contributed by atoms with van der Waals surface area (Å²) in [7, 11) is -3.46. The first-order valence-corrected chi connectivity index (χ1v) is 13.1. The summed E-state index contributed by atoms with van der Waals surface area (Å²) in [5.41, 5.74) is 2.55. The molecule has 186 valence electrons. The van der Waals surface area contributed by atoms with E-state index in [0.29, 0.717) is 39.6 Å². The molecule has 1 fully saturated rings. The van der Waals surface area contributed by atoms with Crippen LogP contribution in [0.2, 0.25) is 0 Å². The smallest absolute Gasteiger partial charge is 0.220 e. The lowest BCUT2D eigenvalue weighted by atomic mass is 10.0. The number of nitrogens with one attached hydrogen (secondary N) is 1. The fourth-order valence-corrected chi connectivity index (χ4v) is 5.13. The van der Waals surface area contributed by atoms with Gasteiger partial charge in [-0.1, -0.05) is 13.0 Å². The molecule has 11 heteroatoms. The van der Waals surface area contributed by atoms with Crippen LogP contribution in [0, 0.1) is 0 Å². The number of sulfone groups is 1. The summed E-state index contributed by atoms with van der Waals surface area (Å²) >= 11 is 0. The van der Waals surface area contributed by atoms with Crippen molar-refractivity contribution in [3.05, 3.63) is 60.4 Å². The van der Waals surface area contributed by atoms with Crippen molar-refractivity contribution in [1.29, 1.82) is 0 Å². The second-order valence-electron chi connectivity index (χ2n) is 8.57. The summed E-state index contributed by atoms with van der Waals surface area (Å²) in [4.78, 5) is 30.0. The van der Waals surface area contributed by atoms with Gasteiger partial charge in [0.1, 0.15) is 23.4 Å². The van der Waals surface area contributed by atoms with Crippen LogP contribution in [0.25, 0.3) is 22.6 Å². The van der Waals surface area contributed by atoms with Gasteiger partial charge in [0.25, 0.3) is 0 Å². The van der Waals surface area contributed by atoms with Crippen LogP contribution >= 0.6 is 0 Å². The average molecular weight is 510 g/mol. The molecule has 1 amide bonds. The van der Waals surface area contributed by atoms with Gasteiger partial charge in [0.2, 0.25) is 5.91 Å². The molecular formula is C25H24FN5O4S. The van der Waals surface area contributed by atoms with Crippen molar-refractivity contribution in [2.45, 2.75) is 37.5 Å². The normalized spacial score (nSPS) is 18.0. The van der Waals surface area contributed by atoms with E-state index in [2.05, 4.69) is 19.9 Å². The zero-order chi connectivity index (χ0) is 25.4. The molecule has 4 aromatic rings. The number of carbonyl (C=O) groups excluding carboxylic acids is 1. The number of halogens is 1. The molecule has 2 atom stereocenters. The number of aromatic amines is 1. The lowest BCUT2D eigenvalue weighted by Crippen LogP contribution is -2.29. The maximum Gasteiger partial charge on any atom is 0.220 e. The van der Waals surface area contributed by atoms with E-state index in [4.69, 9.17) is 4.74 Å². The second-order valence-corrected chi connectivity index (χ2v) is 10.8. The van der Waals surface area contributed by atoms with Crippen molar-refractivity contribution in [2.75, 3.05) is 12.3 Å². The lowest BCUT2D eigenvalue weighted by Gasteiger charge is -2.25. The van der Waals surface area contributed by atoms with E-state index < -0.39 is 22.1 Å². The Bertz CT molecular complexity index is 1520. The number of alkyl halides is 1. The number of imidazole rings is 1. The van der Waals surface area contributed by atoms with Crippen LogP contribution in [0.1, 0.15) is 31.9 Å². The van der Waals surface area contributed by atoms with Crippen LogP contribution in [0.3, 0.4) is 0 Å². The van der Waals surface area contributed by atoms with Crippen molar-refractivity contribution in [2.24, 2.45) is 0 Å². The number of nitrogens with zero attached hydrogens (tertiary/aromatic N) is 4. The maximum atomic E-state index is 14.4. The van der Waals surface area contributed by atoms with Gasteiger partial charge in [0.05, 0.1) is 35.6 Å². The van der Waals surface area contributed by atoms with E-state index in [-0.39, 0.29) is 29.7 Å². The Balaban J connectivity index is 1.59. The van der Waals surface area contributed by atoms with Gasteiger partial charge < -0.3 is 14.6 Å². The van der Waals surface area contributed by atoms with Gasteiger partial charge in [-0.05, 0) is 30.3 Å². The molecule has 1 aliphatic rings. The zero-order valence-corrected chi connectivity index (χ0v) is 20.5. The number of hydrogen-bond acceptors (Lipinski definition) is 7. The summed E-state index contributed by atoms with van der Waals surface area (Å²) in [5.74, 6) is 0.935. The minimum absolute atomic E-state index is 0.00473. The second kappa shape index (κ2) is 9.30. The van der Waals surface area contributed by atoms with Gasteiger partial charge in [0.15, 0.2) is 20.7 Å². The minimum atomic E-state index is -3.46. The third-order valence-electron chi connectivity index (χ3n) is 6.17. The molecule has 0 bridgehead atoms. The molecule has 36 heavy (non-hydrogen) atoms. The number of amides is 1. The Morgan fingerprint density at radius 1 is 1.22 bits per heavy atom. The van der Waals surface area contributed by atoms with Gasteiger partial charge in [-0.25, -0.2) is 22.8 Å². The van der Waals surface area contributed by atoms with Gasteiger partial charge in [0, 0.05) is 31.2 Å². The molecule has 0 radical (unpaired) electrons. The Morgan fingerprint density at radius 3 is 2.72 bits per heavy atom. The number of aromatic nitrogens is 4. The highest BCUT2D eigenvalue weighted by Gasteiger charge is 2.37. The molecule has 1 saturated heterocycles. The third-order valence-corrected chi connectivity index (χ3v) is 7.81. The summed E-state index contributed by atoms with van der Waals surface area (Å²) in [5, 5.41) is -0.0425. The van der Waals surface area contributed by atoms with Crippen LogP contribution < -0.4 is 4.74 Å². The van der Waals surface area contributed by atoms with E-state index in [1.807, 2.05) is 24.3 Å². The number of pyridine rings is 2. The van der Waals surface area contributed by atoms with Crippen molar-refractivity contribution in [3.63, 3.8) is 0 Å². The summed E-state index contributed by atoms with van der Waals surface area (Å²) in [6.07, 6.45) is 1.97. The standard InChI is InChI=1S/C25H24FN5O4S/c1-3-36(33,34)24-8-7-17(13-28-24)35-23-12-21-20(29-25(30-21)19-6-4-5-9-27-19)11-18(23)22-10-16(26)14-31(22)15(2)32/h4-9,11-13,16,22H,3,10,14H2,1-2H3,(H,29,30)/t16-,22-/m0/s1. The lowest BCUT2D eigenvalue weighted by molar-refractivity contribution is -0.129. The number of carbonyl (C=O) groups is 1. The molecule has 9 nitrogen and oxygen atoms in total. The highest BCUT2D eigenvalue weighted by Crippen LogP contribution is 2.41. The maximum absolute atomic E-state index is 14.4. The van der Waals surface area contributed by atoms with Crippen LogP contribution in [0.15, 0.2) is 59.9 Å². The van der Waals surface area contributed by atoms with Crippen molar-refractivity contribution in [3.8, 4) is 23.0 Å². The number of H-pyrrole nitrogens is 1. The van der Waals surface area contributed by atoms with Crippen molar-refractivity contribution in [1.82, 2.24) is 24.8 Å². The molecule has 0 unspecified atom stereocenters. The average Bonchev–Trinajstić information content (AvgIpc) is 3.47. The Labute approximate surface area is 207 Å². The van der Waals surface area contributed by atoms with E-state index in [9.17, 15) is 17.6 Å². The van der Waals surface area contributed by atoms with Gasteiger partial charge in [-0.3, -0.25) is 9.78 Å². The molecule has 0 saturated carbocycles. The number of benzene rings is 1. The van der Waals surface area contributed by atoms with E-state index in [1.165, 1.54) is 30.2 Å². The first-order chi connectivity index (χ1) is 17.2. The minimum Gasteiger partial charge on any atom is -0.455 e. The van der Waals surface area contributed by atoms with Crippen molar-refractivity contribution >= 4 is 26.8 Å². The molecule has 4 heterocycles. The van der Waals surface area contributed by atoms with Gasteiger partial charge in [-0.15, -0.1) is 0 Å². The third kappa shape index (κ3) is 4.53. The number of ether oxygens (including phenoxy) is 1. The quantitative estimate of drug-likeness (QED) is 0.413. The largest absolute Gasteiger partial charge is 0.455 e. The van der Waals surface area contributed by atoms with E-state index in [0.717, 1.165) is 0 Å². The fraction of sp³-hybridized carbons (Fsp3) is 0.280. The van der Waals surface area contributed by atoms with Crippen LogP contribution in [0.5, 0.6) is 11.5 Å². The summed E-state index contributed by atoms with van der Waals surface area (Å²) in [6.45, 7) is 2.97. The SMILES string of the molecule is CCS(=O)(=O)c1ccc(Oc2cc3nc(-c4ccccn4)[nH]c3cc2[C@@H]2C[C@H](F)CN2C(C)=O)cn1. The molecule has 1 aliphatic heterocycles. The van der Waals surface area contributed by atoms with Crippen molar-refractivity contribution < 1.29 is 22.3 Å². The van der Waals surface area contributed by atoms with Crippen LogP contribution in [-0.4, -0.2) is 57.6 Å². The Hall–Kier alpha value is -3.86. The molecular weight excluding hydrogens is 485 g/mol. The predicted molar refractivity (Wildman–Crippen MR) is 131 cm³/mol. The molecule has 5 rings (SSSR count).